The molecule has 0 aliphatic heterocycles. The second-order valence-corrected chi connectivity index (χ2v) is 6.73. The van der Waals surface area contributed by atoms with Crippen molar-refractivity contribution in [3.63, 3.8) is 0 Å². The zero-order valence-corrected chi connectivity index (χ0v) is 15.7. The minimum absolute atomic E-state index is 0.0261. The molecule has 2 aromatic carbocycles. The monoisotopic (exact) mass is 388 g/mol. The van der Waals surface area contributed by atoms with E-state index in [0.29, 0.717) is 6.54 Å². The Morgan fingerprint density at radius 2 is 1.75 bits per heavy atom. The lowest BCUT2D eigenvalue weighted by molar-refractivity contribution is -0.133. The Labute approximate surface area is 151 Å². The summed E-state index contributed by atoms with van der Waals surface area (Å²) in [6.07, 6.45) is 0. The van der Waals surface area contributed by atoms with Crippen LogP contribution < -0.4 is 5.32 Å². The molecule has 0 saturated heterocycles. The van der Waals surface area contributed by atoms with Crippen molar-refractivity contribution in [1.82, 2.24) is 4.90 Å². The van der Waals surface area contributed by atoms with Crippen molar-refractivity contribution in [3.05, 3.63) is 63.6 Å². The van der Waals surface area contributed by atoms with Gasteiger partial charge in [-0.3, -0.25) is 9.59 Å². The van der Waals surface area contributed by atoms with Crippen molar-refractivity contribution < 1.29 is 9.59 Å². The molecule has 0 radical (unpaired) electrons. The quantitative estimate of drug-likeness (QED) is 0.839. The van der Waals surface area contributed by atoms with E-state index in [9.17, 15) is 9.59 Å². The van der Waals surface area contributed by atoms with E-state index in [-0.39, 0.29) is 18.4 Å². The number of benzene rings is 2. The molecule has 2 rings (SSSR count). The van der Waals surface area contributed by atoms with Gasteiger partial charge in [0, 0.05) is 23.6 Å². The van der Waals surface area contributed by atoms with Gasteiger partial charge in [0.25, 0.3) is 0 Å². The van der Waals surface area contributed by atoms with Gasteiger partial charge in [-0.15, -0.1) is 0 Å². The molecule has 24 heavy (non-hydrogen) atoms. The van der Waals surface area contributed by atoms with Crippen LogP contribution in [-0.4, -0.2) is 23.3 Å². The maximum Gasteiger partial charge on any atom is 0.244 e. The third-order valence-corrected chi connectivity index (χ3v) is 4.61. The fourth-order valence-corrected chi connectivity index (χ4v) is 2.54. The Morgan fingerprint density at radius 3 is 2.33 bits per heavy atom. The molecule has 0 heterocycles. The van der Waals surface area contributed by atoms with E-state index < -0.39 is 0 Å². The molecule has 0 atom stereocenters. The predicted molar refractivity (Wildman–Crippen MR) is 99.8 cm³/mol. The van der Waals surface area contributed by atoms with Crippen LogP contribution in [0.4, 0.5) is 5.69 Å². The van der Waals surface area contributed by atoms with E-state index >= 15 is 0 Å². The Balaban J connectivity index is 2.01. The van der Waals surface area contributed by atoms with Crippen molar-refractivity contribution in [3.8, 4) is 0 Å². The Bertz CT molecular complexity index is 742. The largest absolute Gasteiger partial charge is 0.329 e. The van der Waals surface area contributed by atoms with Crippen LogP contribution in [0.25, 0.3) is 0 Å². The van der Waals surface area contributed by atoms with Crippen molar-refractivity contribution in [1.29, 1.82) is 0 Å². The summed E-state index contributed by atoms with van der Waals surface area (Å²) in [4.78, 5) is 25.6. The van der Waals surface area contributed by atoms with Gasteiger partial charge in [0.05, 0.1) is 0 Å². The van der Waals surface area contributed by atoms with Gasteiger partial charge >= 0.3 is 0 Å². The topological polar surface area (TPSA) is 49.4 Å². The number of nitrogens with one attached hydrogen (secondary N) is 1. The van der Waals surface area contributed by atoms with Crippen LogP contribution >= 0.6 is 15.9 Å². The van der Waals surface area contributed by atoms with Gasteiger partial charge in [-0.2, -0.15) is 0 Å². The molecule has 0 aliphatic rings. The minimum Gasteiger partial charge on any atom is -0.329 e. The van der Waals surface area contributed by atoms with Crippen molar-refractivity contribution in [2.24, 2.45) is 0 Å². The molecule has 0 bridgehead atoms. The normalized spacial score (nSPS) is 10.3. The number of hydrogen-bond donors (Lipinski definition) is 1. The van der Waals surface area contributed by atoms with Gasteiger partial charge in [0.2, 0.25) is 11.8 Å². The van der Waals surface area contributed by atoms with Gasteiger partial charge in [-0.25, -0.2) is 0 Å². The van der Waals surface area contributed by atoms with E-state index in [4.69, 9.17) is 0 Å². The summed E-state index contributed by atoms with van der Waals surface area (Å²) in [6.45, 7) is 5.89. The highest BCUT2D eigenvalue weighted by Crippen LogP contribution is 2.20. The number of aryl methyl sites for hydroxylation is 2. The van der Waals surface area contributed by atoms with E-state index in [1.54, 1.807) is 0 Å². The highest BCUT2D eigenvalue weighted by atomic mass is 79.9. The summed E-state index contributed by atoms with van der Waals surface area (Å²) in [5.41, 5.74) is 3.93. The summed E-state index contributed by atoms with van der Waals surface area (Å²) in [6, 6.07) is 13.5. The third-order valence-electron chi connectivity index (χ3n) is 3.72. The number of halogens is 1. The second kappa shape index (κ2) is 8.11. The van der Waals surface area contributed by atoms with Gasteiger partial charge in [-0.1, -0.05) is 45.8 Å². The number of rotatable bonds is 5. The molecule has 0 spiro atoms. The standard InChI is InChI=1S/C19H21BrN2O2/c1-13-4-6-16(7-5-13)11-22(15(3)23)12-19(24)21-17-8-9-18(20)14(2)10-17/h4-10H,11-12H2,1-3H3,(H,21,24). The molecule has 0 aliphatic carbocycles. The van der Waals surface area contributed by atoms with Gasteiger partial charge in [-0.05, 0) is 43.2 Å². The van der Waals surface area contributed by atoms with Crippen LogP contribution in [0.15, 0.2) is 46.9 Å². The Kier molecular flexibility index (Phi) is 6.15. The van der Waals surface area contributed by atoms with Crippen molar-refractivity contribution in [2.45, 2.75) is 27.3 Å². The zero-order valence-electron chi connectivity index (χ0n) is 14.1. The Morgan fingerprint density at radius 1 is 1.08 bits per heavy atom. The lowest BCUT2D eigenvalue weighted by Crippen LogP contribution is -2.36. The van der Waals surface area contributed by atoms with E-state index in [2.05, 4.69) is 21.2 Å². The number of hydrogen-bond acceptors (Lipinski definition) is 2. The first-order chi connectivity index (χ1) is 11.3. The van der Waals surface area contributed by atoms with Crippen LogP contribution in [0.3, 0.4) is 0 Å². The average Bonchev–Trinajstić information content (AvgIpc) is 2.52. The average molecular weight is 389 g/mol. The summed E-state index contributed by atoms with van der Waals surface area (Å²) in [5, 5.41) is 2.84. The molecule has 2 aromatic rings. The first-order valence-corrected chi connectivity index (χ1v) is 8.51. The maximum absolute atomic E-state index is 12.3. The molecule has 126 valence electrons. The molecule has 1 N–H and O–H groups in total. The first kappa shape index (κ1) is 18.2. The highest BCUT2D eigenvalue weighted by Gasteiger charge is 2.14. The number of anilines is 1. The van der Waals surface area contributed by atoms with Crippen molar-refractivity contribution >= 4 is 33.4 Å². The molecule has 0 fully saturated rings. The van der Waals surface area contributed by atoms with E-state index in [0.717, 1.165) is 26.9 Å². The maximum atomic E-state index is 12.3. The van der Waals surface area contributed by atoms with Crippen LogP contribution in [0, 0.1) is 13.8 Å². The zero-order chi connectivity index (χ0) is 17.7. The number of amides is 2. The molecule has 2 amide bonds. The molecular weight excluding hydrogens is 368 g/mol. The molecular formula is C19H21BrN2O2. The summed E-state index contributed by atoms with van der Waals surface area (Å²) in [7, 11) is 0. The molecule has 0 saturated carbocycles. The first-order valence-electron chi connectivity index (χ1n) is 7.72. The summed E-state index contributed by atoms with van der Waals surface area (Å²) in [5.74, 6) is -0.336. The third kappa shape index (κ3) is 5.20. The van der Waals surface area contributed by atoms with E-state index in [1.807, 2.05) is 56.3 Å². The fourth-order valence-electron chi connectivity index (χ4n) is 2.29. The molecule has 5 heteroatoms. The minimum atomic E-state index is -0.209. The number of carbonyl (C=O) groups is 2. The van der Waals surface area contributed by atoms with Gasteiger partial charge in [0.15, 0.2) is 0 Å². The van der Waals surface area contributed by atoms with Crippen molar-refractivity contribution in [2.75, 3.05) is 11.9 Å². The number of carbonyl (C=O) groups excluding carboxylic acids is 2. The number of nitrogens with zero attached hydrogens (tertiary/aromatic N) is 1. The van der Waals surface area contributed by atoms with Crippen LogP contribution in [0.5, 0.6) is 0 Å². The predicted octanol–water partition coefficient (Wildman–Crippen LogP) is 4.05. The smallest absolute Gasteiger partial charge is 0.244 e. The second-order valence-electron chi connectivity index (χ2n) is 5.87. The summed E-state index contributed by atoms with van der Waals surface area (Å²) >= 11 is 3.43. The van der Waals surface area contributed by atoms with Gasteiger partial charge in [0.1, 0.15) is 6.54 Å². The highest BCUT2D eigenvalue weighted by molar-refractivity contribution is 9.10. The van der Waals surface area contributed by atoms with Crippen LogP contribution in [0.1, 0.15) is 23.6 Å². The molecule has 4 nitrogen and oxygen atoms in total. The van der Waals surface area contributed by atoms with Crippen LogP contribution in [-0.2, 0) is 16.1 Å². The fraction of sp³-hybridized carbons (Fsp3) is 0.263. The lowest BCUT2D eigenvalue weighted by atomic mass is 10.1. The van der Waals surface area contributed by atoms with Gasteiger partial charge < -0.3 is 10.2 Å². The summed E-state index contributed by atoms with van der Waals surface area (Å²) < 4.78 is 0.991. The van der Waals surface area contributed by atoms with Crippen LogP contribution in [0.2, 0.25) is 0 Å². The SMILES string of the molecule is CC(=O)N(CC(=O)Nc1ccc(Br)c(C)c1)Cc1ccc(C)cc1. The molecule has 0 aromatic heterocycles. The lowest BCUT2D eigenvalue weighted by Gasteiger charge is -2.21. The Hall–Kier alpha value is -2.14. The van der Waals surface area contributed by atoms with E-state index in [1.165, 1.54) is 11.8 Å². The molecule has 0 unspecified atom stereocenters.